The second-order valence-corrected chi connectivity index (χ2v) is 9.10. The molecule has 0 saturated carbocycles. The number of rotatable bonds is 6. The van der Waals surface area contributed by atoms with E-state index in [1.807, 2.05) is 11.8 Å². The molecule has 2 aliphatic rings. The quantitative estimate of drug-likeness (QED) is 0.540. The summed E-state index contributed by atoms with van der Waals surface area (Å²) >= 11 is 1.24. The standard InChI is InChI=1S/C22H24N6O5S/c1-2-23-20(30)13-4-3-7-27(9-13)22-26-19-18(34-22)21(31)28(11-24-19)10-17(29)25-14-5-6-15-16(8-14)33-12-32-15/h5-6,8,11,13H,2-4,7,9-10,12H2,1H3,(H,23,30)(H,25,29)/t13-/m1/s1. The number of nitrogens with zero attached hydrogens (tertiary/aromatic N) is 4. The lowest BCUT2D eigenvalue weighted by atomic mass is 9.97. The van der Waals surface area contributed by atoms with Crippen molar-refractivity contribution in [2.24, 2.45) is 5.92 Å². The van der Waals surface area contributed by atoms with Gasteiger partial charge in [-0.05, 0) is 31.9 Å². The van der Waals surface area contributed by atoms with Gasteiger partial charge in [-0.25, -0.2) is 4.98 Å². The Labute approximate surface area is 198 Å². The third-order valence-electron chi connectivity index (χ3n) is 5.76. The highest BCUT2D eigenvalue weighted by molar-refractivity contribution is 7.22. The zero-order valence-electron chi connectivity index (χ0n) is 18.6. The number of ether oxygens (including phenoxy) is 2. The highest BCUT2D eigenvalue weighted by Gasteiger charge is 2.27. The van der Waals surface area contributed by atoms with E-state index in [1.54, 1.807) is 18.2 Å². The van der Waals surface area contributed by atoms with Gasteiger partial charge in [0.1, 0.15) is 17.6 Å². The SMILES string of the molecule is CCNC(=O)[C@@H]1CCCN(c2nc3ncn(CC(=O)Nc4ccc5c(c4)OCO5)c(=O)c3s2)C1. The fourth-order valence-corrected chi connectivity index (χ4v) is 5.10. The van der Waals surface area contributed by atoms with E-state index in [4.69, 9.17) is 9.47 Å². The average Bonchev–Trinajstić information content (AvgIpc) is 3.48. The minimum absolute atomic E-state index is 0.0438. The predicted octanol–water partition coefficient (Wildman–Crippen LogP) is 1.57. The highest BCUT2D eigenvalue weighted by Crippen LogP contribution is 2.34. The van der Waals surface area contributed by atoms with Crippen LogP contribution in [-0.4, -0.2) is 52.8 Å². The number of benzene rings is 1. The summed E-state index contributed by atoms with van der Waals surface area (Å²) in [5.74, 6) is 0.749. The molecule has 11 nitrogen and oxygen atoms in total. The Bertz CT molecular complexity index is 1300. The molecular formula is C22H24N6O5S. The maximum absolute atomic E-state index is 13.0. The molecule has 2 amide bonds. The van der Waals surface area contributed by atoms with Crippen LogP contribution in [0.3, 0.4) is 0 Å². The molecule has 4 heterocycles. The van der Waals surface area contributed by atoms with Crippen LogP contribution in [0.5, 0.6) is 11.5 Å². The first-order valence-electron chi connectivity index (χ1n) is 11.1. The maximum atomic E-state index is 13.0. The molecule has 5 rings (SSSR count). The Morgan fingerprint density at radius 2 is 2.12 bits per heavy atom. The number of anilines is 2. The van der Waals surface area contributed by atoms with Crippen molar-refractivity contribution in [3.63, 3.8) is 0 Å². The Hall–Kier alpha value is -3.67. The van der Waals surface area contributed by atoms with Gasteiger partial charge >= 0.3 is 0 Å². The Balaban J connectivity index is 1.30. The Morgan fingerprint density at radius 1 is 1.26 bits per heavy atom. The Morgan fingerprint density at radius 3 is 2.97 bits per heavy atom. The lowest BCUT2D eigenvalue weighted by Crippen LogP contribution is -2.43. The van der Waals surface area contributed by atoms with Crippen LogP contribution in [0.2, 0.25) is 0 Å². The highest BCUT2D eigenvalue weighted by atomic mass is 32.1. The van der Waals surface area contributed by atoms with Gasteiger partial charge in [0.05, 0.1) is 5.92 Å². The number of carbonyl (C=O) groups excluding carboxylic acids is 2. The molecule has 2 N–H and O–H groups in total. The van der Waals surface area contributed by atoms with E-state index in [1.165, 1.54) is 22.2 Å². The fraction of sp³-hybridized carbons (Fsp3) is 0.409. The number of fused-ring (bicyclic) bond motifs is 2. The van der Waals surface area contributed by atoms with E-state index in [0.29, 0.717) is 45.8 Å². The monoisotopic (exact) mass is 484 g/mol. The van der Waals surface area contributed by atoms with Gasteiger partial charge in [0.25, 0.3) is 5.56 Å². The van der Waals surface area contributed by atoms with Crippen molar-refractivity contribution in [3.8, 4) is 11.5 Å². The number of nitrogens with one attached hydrogen (secondary N) is 2. The zero-order valence-corrected chi connectivity index (χ0v) is 19.4. The topological polar surface area (TPSA) is 128 Å². The van der Waals surface area contributed by atoms with Crippen molar-refractivity contribution in [2.45, 2.75) is 26.3 Å². The fourth-order valence-electron chi connectivity index (χ4n) is 4.10. The van der Waals surface area contributed by atoms with Crippen LogP contribution in [0.15, 0.2) is 29.3 Å². The van der Waals surface area contributed by atoms with Gasteiger partial charge in [-0.1, -0.05) is 11.3 Å². The molecule has 0 unspecified atom stereocenters. The normalized spacial score (nSPS) is 17.1. The van der Waals surface area contributed by atoms with E-state index < -0.39 is 0 Å². The maximum Gasteiger partial charge on any atom is 0.273 e. The van der Waals surface area contributed by atoms with Crippen LogP contribution in [0.1, 0.15) is 19.8 Å². The van der Waals surface area contributed by atoms with Crippen molar-refractivity contribution in [1.82, 2.24) is 19.9 Å². The van der Waals surface area contributed by atoms with E-state index in [2.05, 4.69) is 20.6 Å². The molecule has 0 spiro atoms. The van der Waals surface area contributed by atoms with E-state index in [9.17, 15) is 14.4 Å². The lowest BCUT2D eigenvalue weighted by Gasteiger charge is -2.31. The molecular weight excluding hydrogens is 460 g/mol. The van der Waals surface area contributed by atoms with Crippen molar-refractivity contribution in [2.75, 3.05) is 36.6 Å². The van der Waals surface area contributed by atoms with Crippen molar-refractivity contribution < 1.29 is 19.1 Å². The smallest absolute Gasteiger partial charge is 0.273 e. The van der Waals surface area contributed by atoms with Crippen LogP contribution in [-0.2, 0) is 16.1 Å². The summed E-state index contributed by atoms with van der Waals surface area (Å²) in [6.45, 7) is 3.78. The van der Waals surface area contributed by atoms with Crippen LogP contribution in [0, 0.1) is 5.92 Å². The molecule has 3 aromatic rings. The van der Waals surface area contributed by atoms with E-state index in [-0.39, 0.29) is 36.6 Å². The molecule has 34 heavy (non-hydrogen) atoms. The number of hydrogen-bond acceptors (Lipinski definition) is 9. The van der Waals surface area contributed by atoms with Gasteiger partial charge in [0.15, 0.2) is 22.3 Å². The first kappa shape index (κ1) is 22.1. The van der Waals surface area contributed by atoms with Gasteiger partial charge in [-0.2, -0.15) is 4.98 Å². The van der Waals surface area contributed by atoms with Crippen molar-refractivity contribution in [1.29, 1.82) is 0 Å². The molecule has 1 fully saturated rings. The summed E-state index contributed by atoms with van der Waals surface area (Å²) < 4.78 is 12.2. The molecule has 0 bridgehead atoms. The summed E-state index contributed by atoms with van der Waals surface area (Å²) in [6.07, 6.45) is 3.03. The van der Waals surface area contributed by atoms with Gasteiger partial charge < -0.3 is 25.0 Å². The lowest BCUT2D eigenvalue weighted by molar-refractivity contribution is -0.125. The van der Waals surface area contributed by atoms with Crippen LogP contribution >= 0.6 is 11.3 Å². The predicted molar refractivity (Wildman–Crippen MR) is 126 cm³/mol. The number of carbonyl (C=O) groups is 2. The molecule has 0 radical (unpaired) electrons. The molecule has 1 atom stereocenters. The minimum Gasteiger partial charge on any atom is -0.454 e. The molecule has 0 aliphatic carbocycles. The molecule has 2 aromatic heterocycles. The molecule has 178 valence electrons. The number of hydrogen-bond donors (Lipinski definition) is 2. The largest absolute Gasteiger partial charge is 0.454 e. The van der Waals surface area contributed by atoms with Gasteiger partial charge in [-0.3, -0.25) is 19.0 Å². The van der Waals surface area contributed by atoms with Gasteiger partial charge in [-0.15, -0.1) is 0 Å². The van der Waals surface area contributed by atoms with Crippen LogP contribution in [0.25, 0.3) is 10.3 Å². The van der Waals surface area contributed by atoms with E-state index in [0.717, 1.165) is 19.4 Å². The number of aromatic nitrogens is 3. The van der Waals surface area contributed by atoms with Gasteiger partial charge in [0, 0.05) is 31.4 Å². The summed E-state index contributed by atoms with van der Waals surface area (Å²) in [7, 11) is 0. The van der Waals surface area contributed by atoms with Gasteiger partial charge in [0.2, 0.25) is 18.6 Å². The molecule has 2 aliphatic heterocycles. The van der Waals surface area contributed by atoms with E-state index >= 15 is 0 Å². The third-order valence-corrected chi connectivity index (χ3v) is 6.85. The summed E-state index contributed by atoms with van der Waals surface area (Å²) in [5, 5.41) is 6.30. The zero-order chi connectivity index (χ0) is 23.7. The molecule has 1 aromatic carbocycles. The van der Waals surface area contributed by atoms with Crippen LogP contribution in [0.4, 0.5) is 10.8 Å². The Kier molecular flexibility index (Phi) is 6.05. The second-order valence-electron chi connectivity index (χ2n) is 8.12. The second kappa shape index (κ2) is 9.29. The molecule has 1 saturated heterocycles. The summed E-state index contributed by atoms with van der Waals surface area (Å²) in [6, 6.07) is 5.10. The summed E-state index contributed by atoms with van der Waals surface area (Å²) in [4.78, 5) is 48.7. The number of piperidine rings is 1. The first-order chi connectivity index (χ1) is 16.5. The molecule has 12 heteroatoms. The van der Waals surface area contributed by atoms with Crippen LogP contribution < -0.4 is 30.6 Å². The number of amides is 2. The summed E-state index contributed by atoms with van der Waals surface area (Å²) in [5.41, 5.74) is 0.563. The van der Waals surface area contributed by atoms with Crippen molar-refractivity contribution >= 4 is 44.3 Å². The first-order valence-corrected chi connectivity index (χ1v) is 11.9. The third kappa shape index (κ3) is 4.40. The minimum atomic E-state index is -0.368. The number of thiazole rings is 1. The average molecular weight is 485 g/mol. The van der Waals surface area contributed by atoms with Crippen molar-refractivity contribution in [3.05, 3.63) is 34.9 Å².